The third-order valence-corrected chi connectivity index (χ3v) is 10.1. The van der Waals surface area contributed by atoms with Crippen molar-refractivity contribution in [3.8, 4) is 11.5 Å². The van der Waals surface area contributed by atoms with Gasteiger partial charge in [-0.05, 0) is 70.8 Å². The molecular formula is C37H26F2O6S2. The highest BCUT2D eigenvalue weighted by Crippen LogP contribution is 2.47. The lowest BCUT2D eigenvalue weighted by Gasteiger charge is -2.37. The maximum Gasteiger partial charge on any atom is 0.339 e. The smallest absolute Gasteiger partial charge is 0.339 e. The van der Waals surface area contributed by atoms with Crippen molar-refractivity contribution in [2.24, 2.45) is 0 Å². The molecule has 0 atom stereocenters. The quantitative estimate of drug-likeness (QED) is 0.109. The van der Waals surface area contributed by atoms with Crippen LogP contribution in [0.4, 0.5) is 8.78 Å². The van der Waals surface area contributed by atoms with Crippen molar-refractivity contribution < 1.29 is 34.0 Å². The predicted molar refractivity (Wildman–Crippen MR) is 173 cm³/mol. The van der Waals surface area contributed by atoms with Crippen LogP contribution >= 0.6 is 0 Å². The van der Waals surface area contributed by atoms with Crippen molar-refractivity contribution in [3.63, 3.8) is 0 Å². The molecule has 6 aromatic rings. The molecule has 0 amide bonds. The van der Waals surface area contributed by atoms with E-state index in [1.807, 2.05) is 0 Å². The lowest BCUT2D eigenvalue weighted by atomic mass is 9.65. The Labute approximate surface area is 271 Å². The Hall–Kier alpha value is -5.32. The Morgan fingerprint density at radius 1 is 0.404 bits per heavy atom. The molecule has 0 unspecified atom stereocenters. The van der Waals surface area contributed by atoms with Crippen LogP contribution in [0.25, 0.3) is 0 Å². The molecule has 0 saturated heterocycles. The van der Waals surface area contributed by atoms with Gasteiger partial charge in [-0.25, -0.2) is 8.78 Å². The van der Waals surface area contributed by atoms with Crippen LogP contribution in [0.3, 0.4) is 0 Å². The second-order valence-electron chi connectivity index (χ2n) is 10.5. The van der Waals surface area contributed by atoms with Crippen LogP contribution in [0, 0.1) is 11.6 Å². The minimum Gasteiger partial charge on any atom is -0.376 e. The van der Waals surface area contributed by atoms with Gasteiger partial charge in [-0.2, -0.15) is 16.8 Å². The number of hydrogen-bond donors (Lipinski definition) is 0. The van der Waals surface area contributed by atoms with Crippen LogP contribution in [-0.2, 0) is 25.7 Å². The van der Waals surface area contributed by atoms with Gasteiger partial charge in [0, 0.05) is 0 Å². The molecule has 0 aromatic heterocycles. The summed E-state index contributed by atoms with van der Waals surface area (Å²) in [5.41, 5.74) is 0.531. The predicted octanol–water partition coefficient (Wildman–Crippen LogP) is 7.88. The highest BCUT2D eigenvalue weighted by Gasteiger charge is 2.40. The normalized spacial score (nSPS) is 12.0. The first kappa shape index (κ1) is 31.7. The van der Waals surface area contributed by atoms with Gasteiger partial charge in [0.05, 0.1) is 5.41 Å². The molecule has 0 N–H and O–H groups in total. The molecule has 0 aliphatic heterocycles. The average Bonchev–Trinajstić information content (AvgIpc) is 3.09. The van der Waals surface area contributed by atoms with E-state index in [0.29, 0.717) is 22.3 Å². The van der Waals surface area contributed by atoms with Gasteiger partial charge in [0.1, 0.15) is 9.79 Å². The van der Waals surface area contributed by atoms with Gasteiger partial charge in [-0.3, -0.25) is 0 Å². The fraction of sp³-hybridized carbons (Fsp3) is 0.0270. The van der Waals surface area contributed by atoms with Gasteiger partial charge >= 0.3 is 20.2 Å². The third kappa shape index (κ3) is 6.25. The fourth-order valence-corrected chi connectivity index (χ4v) is 7.40. The van der Waals surface area contributed by atoms with Crippen molar-refractivity contribution in [3.05, 3.63) is 192 Å². The Bertz CT molecular complexity index is 2070. The lowest BCUT2D eigenvalue weighted by molar-refractivity contribution is 0.460. The molecule has 0 fully saturated rings. The minimum absolute atomic E-state index is 0.140. The number of halogens is 2. The van der Waals surface area contributed by atoms with Crippen molar-refractivity contribution in [1.82, 2.24) is 0 Å². The molecule has 0 spiro atoms. The Morgan fingerprint density at radius 2 is 0.723 bits per heavy atom. The van der Waals surface area contributed by atoms with Crippen LogP contribution in [0.15, 0.2) is 168 Å². The zero-order chi connectivity index (χ0) is 33.1. The largest absolute Gasteiger partial charge is 0.376 e. The molecule has 6 rings (SSSR count). The molecule has 6 aromatic carbocycles. The minimum atomic E-state index is -4.34. The van der Waals surface area contributed by atoms with Gasteiger partial charge in [0.15, 0.2) is 23.1 Å². The molecule has 0 aliphatic rings. The summed E-state index contributed by atoms with van der Waals surface area (Å²) in [6, 6.07) is 40.5. The van der Waals surface area contributed by atoms with E-state index in [9.17, 15) is 16.8 Å². The molecule has 236 valence electrons. The molecule has 0 aliphatic carbocycles. The molecule has 0 bridgehead atoms. The van der Waals surface area contributed by atoms with Crippen molar-refractivity contribution in [2.45, 2.75) is 15.2 Å². The topological polar surface area (TPSA) is 86.7 Å². The van der Waals surface area contributed by atoms with Gasteiger partial charge in [0.2, 0.25) is 0 Å². The first-order valence-electron chi connectivity index (χ1n) is 14.3. The molecule has 10 heteroatoms. The summed E-state index contributed by atoms with van der Waals surface area (Å²) in [6.45, 7) is 0. The van der Waals surface area contributed by atoms with Gasteiger partial charge < -0.3 is 8.37 Å². The van der Waals surface area contributed by atoms with Crippen LogP contribution in [0.2, 0.25) is 0 Å². The second kappa shape index (κ2) is 12.8. The van der Waals surface area contributed by atoms with E-state index in [0.717, 1.165) is 12.1 Å². The molecule has 6 nitrogen and oxygen atoms in total. The van der Waals surface area contributed by atoms with Crippen LogP contribution in [0.1, 0.15) is 22.3 Å². The lowest BCUT2D eigenvalue weighted by Crippen LogP contribution is -2.31. The summed E-state index contributed by atoms with van der Waals surface area (Å²) < 4.78 is 93.7. The Kier molecular flexibility index (Phi) is 8.63. The Morgan fingerprint density at radius 3 is 1.04 bits per heavy atom. The van der Waals surface area contributed by atoms with Crippen LogP contribution in [0.5, 0.6) is 11.5 Å². The summed E-state index contributed by atoms with van der Waals surface area (Å²) in [6.07, 6.45) is 0. The average molecular weight is 669 g/mol. The molecular weight excluding hydrogens is 643 g/mol. The summed E-state index contributed by atoms with van der Waals surface area (Å²) in [4.78, 5) is -0.281. The fourth-order valence-electron chi connectivity index (χ4n) is 5.49. The number of rotatable bonds is 10. The highest BCUT2D eigenvalue weighted by molar-refractivity contribution is 7.87. The maximum absolute atomic E-state index is 15.9. The van der Waals surface area contributed by atoms with Crippen LogP contribution < -0.4 is 8.37 Å². The van der Waals surface area contributed by atoms with E-state index in [1.165, 1.54) is 72.8 Å². The number of benzene rings is 6. The number of hydrogen-bond acceptors (Lipinski definition) is 6. The van der Waals surface area contributed by atoms with Gasteiger partial charge in [-0.15, -0.1) is 0 Å². The van der Waals surface area contributed by atoms with Crippen molar-refractivity contribution >= 4 is 20.2 Å². The maximum atomic E-state index is 15.9. The second-order valence-corrected chi connectivity index (χ2v) is 13.6. The van der Waals surface area contributed by atoms with E-state index in [4.69, 9.17) is 8.37 Å². The highest BCUT2D eigenvalue weighted by atomic mass is 32.2. The zero-order valence-electron chi connectivity index (χ0n) is 24.5. The first-order chi connectivity index (χ1) is 22.6. The van der Waals surface area contributed by atoms with E-state index in [-0.39, 0.29) is 9.79 Å². The standard InChI is InChI=1S/C37H26F2O6S2/c38-33-25-29(21-23-35(33)44-46(40,41)31-17-9-3-10-18-31)37(27-13-5-1-6-14-27,28-15-7-2-8-16-28)30-22-24-36(34(39)26-30)45-47(42,43)32-19-11-4-12-20-32/h1-26H. The van der Waals surface area contributed by atoms with Crippen LogP contribution in [-0.4, -0.2) is 16.8 Å². The van der Waals surface area contributed by atoms with Gasteiger partial charge in [0.25, 0.3) is 0 Å². The summed E-state index contributed by atoms with van der Waals surface area (Å²) in [7, 11) is -8.68. The summed E-state index contributed by atoms with van der Waals surface area (Å²) >= 11 is 0. The van der Waals surface area contributed by atoms with Crippen molar-refractivity contribution in [1.29, 1.82) is 0 Å². The molecule has 0 saturated carbocycles. The van der Waals surface area contributed by atoms with E-state index >= 15 is 8.78 Å². The first-order valence-corrected chi connectivity index (χ1v) is 17.1. The molecule has 0 radical (unpaired) electrons. The van der Waals surface area contributed by atoms with E-state index in [2.05, 4.69) is 0 Å². The molecule has 0 heterocycles. The zero-order valence-corrected chi connectivity index (χ0v) is 26.2. The van der Waals surface area contributed by atoms with E-state index < -0.39 is 48.8 Å². The van der Waals surface area contributed by atoms with Gasteiger partial charge in [-0.1, -0.05) is 109 Å². The summed E-state index contributed by atoms with van der Waals surface area (Å²) in [5, 5.41) is 0. The summed E-state index contributed by atoms with van der Waals surface area (Å²) in [5.74, 6) is -2.97. The monoisotopic (exact) mass is 668 g/mol. The third-order valence-electron chi connectivity index (χ3n) is 7.61. The molecule has 47 heavy (non-hydrogen) atoms. The Balaban J connectivity index is 1.51. The SMILES string of the molecule is O=S(=O)(Oc1ccc(C(c2ccccc2)(c2ccccc2)c2ccc(OS(=O)(=O)c3ccccc3)c(F)c2)cc1F)c1ccccc1. The van der Waals surface area contributed by atoms with E-state index in [1.54, 1.807) is 72.8 Å². The van der Waals surface area contributed by atoms with Crippen molar-refractivity contribution in [2.75, 3.05) is 0 Å².